The summed E-state index contributed by atoms with van der Waals surface area (Å²) >= 11 is 0. The number of aryl methyl sites for hydroxylation is 1. The molecular weight excluding hydrogens is 352 g/mol. The number of ether oxygens (including phenoxy) is 1. The zero-order valence-electron chi connectivity index (χ0n) is 15.6. The first-order chi connectivity index (χ1) is 13.6. The van der Waals surface area contributed by atoms with E-state index in [2.05, 4.69) is 17.6 Å². The molecule has 0 aliphatic heterocycles. The number of carbonyl (C=O) groups excluding carboxylic acids is 2. The van der Waals surface area contributed by atoms with Crippen LogP contribution in [-0.4, -0.2) is 18.4 Å². The molecule has 3 rings (SSSR count). The minimum Gasteiger partial charge on any atom is -0.484 e. The molecule has 3 aromatic carbocycles. The third-order valence-corrected chi connectivity index (χ3v) is 4.14. The van der Waals surface area contributed by atoms with Crippen molar-refractivity contribution >= 4 is 23.2 Å². The lowest BCUT2D eigenvalue weighted by Crippen LogP contribution is -2.20. The lowest BCUT2D eigenvalue weighted by Gasteiger charge is -2.10. The van der Waals surface area contributed by atoms with Gasteiger partial charge >= 0.3 is 0 Å². The standard InChI is InChI=1S/C23H22N2O3/c1-2-17-11-13-19(14-12-17)24-22(26)16-28-21-10-6-9-20(15-21)25-23(27)18-7-4-3-5-8-18/h3-15H,2,16H2,1H3,(H,24,26)(H,25,27). The van der Waals surface area contributed by atoms with E-state index in [1.165, 1.54) is 5.56 Å². The van der Waals surface area contributed by atoms with E-state index in [-0.39, 0.29) is 18.4 Å². The Morgan fingerprint density at radius 1 is 0.821 bits per heavy atom. The van der Waals surface area contributed by atoms with Gasteiger partial charge in [-0.05, 0) is 48.4 Å². The molecule has 2 N–H and O–H groups in total. The summed E-state index contributed by atoms with van der Waals surface area (Å²) in [7, 11) is 0. The zero-order valence-corrected chi connectivity index (χ0v) is 15.6. The predicted octanol–water partition coefficient (Wildman–Crippen LogP) is 4.52. The van der Waals surface area contributed by atoms with E-state index in [0.717, 1.165) is 12.1 Å². The summed E-state index contributed by atoms with van der Waals surface area (Å²) in [4.78, 5) is 24.3. The van der Waals surface area contributed by atoms with Gasteiger partial charge in [-0.2, -0.15) is 0 Å². The Morgan fingerprint density at radius 2 is 1.57 bits per heavy atom. The van der Waals surface area contributed by atoms with E-state index in [1.54, 1.807) is 36.4 Å². The van der Waals surface area contributed by atoms with Crippen molar-refractivity contribution in [1.29, 1.82) is 0 Å². The molecule has 5 nitrogen and oxygen atoms in total. The number of anilines is 2. The Morgan fingerprint density at radius 3 is 2.29 bits per heavy atom. The quantitative estimate of drug-likeness (QED) is 0.639. The molecule has 0 heterocycles. The maximum Gasteiger partial charge on any atom is 0.262 e. The topological polar surface area (TPSA) is 67.4 Å². The highest BCUT2D eigenvalue weighted by Crippen LogP contribution is 2.18. The van der Waals surface area contributed by atoms with Crippen LogP contribution in [0.4, 0.5) is 11.4 Å². The van der Waals surface area contributed by atoms with E-state index in [9.17, 15) is 9.59 Å². The Labute approximate surface area is 164 Å². The summed E-state index contributed by atoms with van der Waals surface area (Å²) in [5, 5.41) is 5.62. The van der Waals surface area contributed by atoms with Crippen molar-refractivity contribution in [3.63, 3.8) is 0 Å². The summed E-state index contributed by atoms with van der Waals surface area (Å²) < 4.78 is 5.55. The SMILES string of the molecule is CCc1ccc(NC(=O)COc2cccc(NC(=O)c3ccccc3)c2)cc1. The Kier molecular flexibility index (Phi) is 6.41. The largest absolute Gasteiger partial charge is 0.484 e. The molecule has 0 saturated heterocycles. The Hall–Kier alpha value is -3.60. The van der Waals surface area contributed by atoms with E-state index in [0.29, 0.717) is 17.0 Å². The van der Waals surface area contributed by atoms with E-state index >= 15 is 0 Å². The fraction of sp³-hybridized carbons (Fsp3) is 0.130. The van der Waals surface area contributed by atoms with E-state index in [4.69, 9.17) is 4.74 Å². The third kappa shape index (κ3) is 5.45. The molecule has 142 valence electrons. The van der Waals surface area contributed by atoms with Crippen LogP contribution in [0.2, 0.25) is 0 Å². The van der Waals surface area contributed by atoms with E-state index < -0.39 is 0 Å². The van der Waals surface area contributed by atoms with Crippen LogP contribution < -0.4 is 15.4 Å². The lowest BCUT2D eigenvalue weighted by molar-refractivity contribution is -0.118. The fourth-order valence-corrected chi connectivity index (χ4v) is 2.63. The molecule has 0 aliphatic rings. The van der Waals surface area contributed by atoms with Gasteiger partial charge in [-0.3, -0.25) is 9.59 Å². The van der Waals surface area contributed by atoms with Crippen molar-refractivity contribution < 1.29 is 14.3 Å². The summed E-state index contributed by atoms with van der Waals surface area (Å²) in [6.45, 7) is 1.96. The number of hydrogen-bond acceptors (Lipinski definition) is 3. The van der Waals surface area contributed by atoms with Gasteiger partial charge in [0, 0.05) is 23.0 Å². The number of rotatable bonds is 7. The second-order valence-corrected chi connectivity index (χ2v) is 6.24. The molecule has 0 fully saturated rings. The van der Waals surface area contributed by atoms with Gasteiger partial charge in [-0.1, -0.05) is 43.3 Å². The molecule has 0 spiro atoms. The monoisotopic (exact) mass is 374 g/mol. The molecule has 0 bridgehead atoms. The van der Waals surface area contributed by atoms with Crippen molar-refractivity contribution in [3.05, 3.63) is 90.0 Å². The van der Waals surface area contributed by atoms with Crippen LogP contribution in [-0.2, 0) is 11.2 Å². The van der Waals surface area contributed by atoms with Crippen LogP contribution in [0.5, 0.6) is 5.75 Å². The number of carbonyl (C=O) groups is 2. The van der Waals surface area contributed by atoms with Gasteiger partial charge in [0.1, 0.15) is 5.75 Å². The van der Waals surface area contributed by atoms with Gasteiger partial charge in [0.15, 0.2) is 6.61 Å². The maximum atomic E-state index is 12.2. The minimum absolute atomic E-state index is 0.119. The fourth-order valence-electron chi connectivity index (χ4n) is 2.63. The van der Waals surface area contributed by atoms with Crippen LogP contribution in [0.3, 0.4) is 0 Å². The molecule has 2 amide bonds. The van der Waals surface area contributed by atoms with Crippen molar-refractivity contribution in [2.45, 2.75) is 13.3 Å². The smallest absolute Gasteiger partial charge is 0.262 e. The normalized spacial score (nSPS) is 10.2. The lowest BCUT2D eigenvalue weighted by atomic mass is 10.1. The van der Waals surface area contributed by atoms with Gasteiger partial charge in [0.2, 0.25) is 0 Å². The average Bonchev–Trinajstić information content (AvgIpc) is 2.74. The van der Waals surface area contributed by atoms with Crippen LogP contribution >= 0.6 is 0 Å². The summed E-state index contributed by atoms with van der Waals surface area (Å²) in [5.41, 5.74) is 3.11. The molecule has 28 heavy (non-hydrogen) atoms. The molecule has 0 radical (unpaired) electrons. The van der Waals surface area contributed by atoms with Gasteiger partial charge in [-0.25, -0.2) is 0 Å². The molecule has 3 aromatic rings. The first-order valence-corrected chi connectivity index (χ1v) is 9.12. The molecule has 0 atom stereocenters. The van der Waals surface area contributed by atoms with Gasteiger partial charge in [0.05, 0.1) is 0 Å². The highest BCUT2D eigenvalue weighted by atomic mass is 16.5. The summed E-state index contributed by atoms with van der Waals surface area (Å²) in [6.07, 6.45) is 0.953. The van der Waals surface area contributed by atoms with Crippen molar-refractivity contribution in [2.24, 2.45) is 0 Å². The van der Waals surface area contributed by atoms with E-state index in [1.807, 2.05) is 42.5 Å². The van der Waals surface area contributed by atoms with Crippen molar-refractivity contribution in [3.8, 4) is 5.75 Å². The second-order valence-electron chi connectivity index (χ2n) is 6.24. The highest BCUT2D eigenvalue weighted by molar-refractivity contribution is 6.04. The van der Waals surface area contributed by atoms with Crippen LogP contribution in [0.25, 0.3) is 0 Å². The molecular formula is C23H22N2O3. The molecule has 0 saturated carbocycles. The van der Waals surface area contributed by atoms with Crippen molar-refractivity contribution in [1.82, 2.24) is 0 Å². The third-order valence-electron chi connectivity index (χ3n) is 4.14. The number of amides is 2. The minimum atomic E-state index is -0.247. The molecule has 0 aromatic heterocycles. The number of hydrogen-bond donors (Lipinski definition) is 2. The van der Waals surface area contributed by atoms with Gasteiger partial charge in [-0.15, -0.1) is 0 Å². The second kappa shape index (κ2) is 9.37. The molecule has 0 unspecified atom stereocenters. The first kappa shape index (κ1) is 19.2. The van der Waals surface area contributed by atoms with Crippen LogP contribution in [0.1, 0.15) is 22.8 Å². The summed E-state index contributed by atoms with van der Waals surface area (Å²) in [5.74, 6) is 0.0522. The molecule has 0 aliphatic carbocycles. The Bertz CT molecular complexity index is 938. The zero-order chi connectivity index (χ0) is 19.8. The van der Waals surface area contributed by atoms with Crippen molar-refractivity contribution in [2.75, 3.05) is 17.2 Å². The highest BCUT2D eigenvalue weighted by Gasteiger charge is 2.07. The number of nitrogens with one attached hydrogen (secondary N) is 2. The predicted molar refractivity (Wildman–Crippen MR) is 111 cm³/mol. The number of benzene rings is 3. The maximum absolute atomic E-state index is 12.2. The van der Waals surface area contributed by atoms with Gasteiger partial charge in [0.25, 0.3) is 11.8 Å². The molecule has 5 heteroatoms. The van der Waals surface area contributed by atoms with Crippen LogP contribution in [0, 0.1) is 0 Å². The first-order valence-electron chi connectivity index (χ1n) is 9.12. The average molecular weight is 374 g/mol. The van der Waals surface area contributed by atoms with Gasteiger partial charge < -0.3 is 15.4 Å². The Balaban J connectivity index is 1.53. The van der Waals surface area contributed by atoms with Crippen LogP contribution in [0.15, 0.2) is 78.9 Å². The summed E-state index contributed by atoms with van der Waals surface area (Å²) in [6, 6.07) is 23.6.